The van der Waals surface area contributed by atoms with Crippen molar-refractivity contribution in [1.29, 1.82) is 0 Å². The summed E-state index contributed by atoms with van der Waals surface area (Å²) in [6.45, 7) is 1.85. The molecule has 1 amide bonds. The van der Waals surface area contributed by atoms with E-state index in [-0.39, 0.29) is 5.91 Å². The molecule has 0 aliphatic carbocycles. The van der Waals surface area contributed by atoms with Crippen molar-refractivity contribution in [1.82, 2.24) is 15.2 Å². The van der Waals surface area contributed by atoms with Crippen LogP contribution in [0.1, 0.15) is 26.6 Å². The zero-order chi connectivity index (χ0) is 15.5. The highest BCUT2D eigenvalue weighted by Gasteiger charge is 2.13. The van der Waals surface area contributed by atoms with Gasteiger partial charge in [-0.25, -0.2) is 0 Å². The van der Waals surface area contributed by atoms with Crippen molar-refractivity contribution in [3.05, 3.63) is 63.4 Å². The Hall–Kier alpha value is -2.18. The van der Waals surface area contributed by atoms with E-state index in [9.17, 15) is 4.79 Å². The normalized spacial score (nSPS) is 10.6. The molecule has 3 rings (SSSR count). The second-order valence-corrected chi connectivity index (χ2v) is 6.27. The minimum atomic E-state index is -0.187. The lowest BCUT2D eigenvalue weighted by atomic mass is 10.2. The fraction of sp³-hybridized carbons (Fsp3) is 0.133. The third kappa shape index (κ3) is 3.35. The van der Waals surface area contributed by atoms with Crippen LogP contribution in [0, 0.1) is 6.92 Å². The van der Waals surface area contributed by atoms with Gasteiger partial charge in [-0.3, -0.25) is 10.1 Å². The Balaban J connectivity index is 1.67. The van der Waals surface area contributed by atoms with Crippen LogP contribution in [0.3, 0.4) is 0 Å². The first kappa shape index (κ1) is 14.7. The number of rotatable bonds is 4. The van der Waals surface area contributed by atoms with Crippen molar-refractivity contribution < 1.29 is 4.79 Å². The molecule has 1 aromatic carbocycles. The van der Waals surface area contributed by atoms with E-state index in [1.807, 2.05) is 31.2 Å². The Morgan fingerprint density at radius 1 is 1.27 bits per heavy atom. The van der Waals surface area contributed by atoms with Gasteiger partial charge in [0.2, 0.25) is 5.13 Å². The maximum atomic E-state index is 12.1. The predicted molar refractivity (Wildman–Crippen MR) is 87.6 cm³/mol. The van der Waals surface area contributed by atoms with Gasteiger partial charge >= 0.3 is 0 Å². The number of anilines is 1. The van der Waals surface area contributed by atoms with E-state index in [0.29, 0.717) is 22.1 Å². The molecule has 2 N–H and O–H groups in total. The number of carbonyl (C=O) groups is 1. The molecule has 112 valence electrons. The van der Waals surface area contributed by atoms with Crippen LogP contribution >= 0.6 is 22.9 Å². The Morgan fingerprint density at radius 3 is 2.73 bits per heavy atom. The molecule has 0 bridgehead atoms. The van der Waals surface area contributed by atoms with Gasteiger partial charge in [0.05, 0.1) is 5.56 Å². The van der Waals surface area contributed by atoms with Gasteiger partial charge in [0.25, 0.3) is 5.91 Å². The molecule has 0 saturated carbocycles. The minimum Gasteiger partial charge on any atom is -0.365 e. The molecule has 0 saturated heterocycles. The van der Waals surface area contributed by atoms with Crippen LogP contribution in [0.4, 0.5) is 5.13 Å². The number of halogens is 1. The number of carbonyl (C=O) groups excluding carboxylic acids is 1. The summed E-state index contributed by atoms with van der Waals surface area (Å²) in [6.07, 6.45) is 2.39. The number of amides is 1. The summed E-state index contributed by atoms with van der Waals surface area (Å²) >= 11 is 7.23. The van der Waals surface area contributed by atoms with Gasteiger partial charge in [-0.15, -0.1) is 10.2 Å². The molecule has 2 aromatic heterocycles. The van der Waals surface area contributed by atoms with E-state index in [1.54, 1.807) is 12.3 Å². The number of hydrogen-bond donors (Lipinski definition) is 2. The van der Waals surface area contributed by atoms with Gasteiger partial charge in [-0.05, 0) is 30.7 Å². The van der Waals surface area contributed by atoms with Crippen molar-refractivity contribution in [2.75, 3.05) is 5.32 Å². The number of benzene rings is 1. The average molecular weight is 333 g/mol. The topological polar surface area (TPSA) is 70.7 Å². The van der Waals surface area contributed by atoms with Crippen LogP contribution in [-0.4, -0.2) is 21.1 Å². The first-order chi connectivity index (χ1) is 10.6. The lowest BCUT2D eigenvalue weighted by Crippen LogP contribution is -2.12. The number of nitrogens with one attached hydrogen (secondary N) is 2. The van der Waals surface area contributed by atoms with Crippen LogP contribution in [0.2, 0.25) is 5.02 Å². The van der Waals surface area contributed by atoms with E-state index in [1.165, 1.54) is 11.3 Å². The highest BCUT2D eigenvalue weighted by atomic mass is 35.5. The van der Waals surface area contributed by atoms with Crippen molar-refractivity contribution in [2.24, 2.45) is 0 Å². The molecule has 0 fully saturated rings. The number of H-pyrrole nitrogens is 1. The molecular formula is C15H13ClN4OS. The maximum absolute atomic E-state index is 12.1. The Morgan fingerprint density at radius 2 is 2.05 bits per heavy atom. The van der Waals surface area contributed by atoms with E-state index in [0.717, 1.165) is 16.3 Å². The molecule has 22 heavy (non-hydrogen) atoms. The van der Waals surface area contributed by atoms with Crippen molar-refractivity contribution >= 4 is 34.0 Å². The van der Waals surface area contributed by atoms with E-state index in [4.69, 9.17) is 11.6 Å². The number of aryl methyl sites for hydroxylation is 1. The summed E-state index contributed by atoms with van der Waals surface area (Å²) in [7, 11) is 0. The zero-order valence-corrected chi connectivity index (χ0v) is 13.3. The molecule has 0 aliphatic rings. The number of hydrogen-bond acceptors (Lipinski definition) is 4. The molecule has 3 aromatic rings. The average Bonchev–Trinajstić information content (AvgIpc) is 3.10. The highest BCUT2D eigenvalue weighted by molar-refractivity contribution is 7.15. The van der Waals surface area contributed by atoms with Crippen molar-refractivity contribution in [3.63, 3.8) is 0 Å². The van der Waals surface area contributed by atoms with Crippen LogP contribution in [0.5, 0.6) is 0 Å². The number of aromatic nitrogens is 3. The first-order valence-electron chi connectivity index (χ1n) is 6.64. The molecule has 0 aliphatic heterocycles. The molecule has 0 radical (unpaired) electrons. The molecule has 0 spiro atoms. The molecule has 0 atom stereocenters. The lowest BCUT2D eigenvalue weighted by molar-refractivity contribution is 0.102. The highest BCUT2D eigenvalue weighted by Crippen LogP contribution is 2.20. The second-order valence-electron chi connectivity index (χ2n) is 4.77. The molecule has 2 heterocycles. The van der Waals surface area contributed by atoms with Gasteiger partial charge in [0.15, 0.2) is 0 Å². The predicted octanol–water partition coefficient (Wildman–Crippen LogP) is 3.67. The summed E-state index contributed by atoms with van der Waals surface area (Å²) < 4.78 is 0. The minimum absolute atomic E-state index is 0.187. The van der Waals surface area contributed by atoms with E-state index in [2.05, 4.69) is 20.5 Å². The van der Waals surface area contributed by atoms with Crippen molar-refractivity contribution in [3.8, 4) is 0 Å². The second kappa shape index (κ2) is 6.29. The van der Waals surface area contributed by atoms with Gasteiger partial charge in [-0.2, -0.15) is 0 Å². The van der Waals surface area contributed by atoms with Crippen molar-refractivity contribution in [2.45, 2.75) is 13.3 Å². The van der Waals surface area contributed by atoms with Crippen LogP contribution in [0.15, 0.2) is 36.5 Å². The summed E-state index contributed by atoms with van der Waals surface area (Å²) in [6, 6.07) is 9.32. The van der Waals surface area contributed by atoms with Crippen LogP contribution < -0.4 is 5.32 Å². The number of aromatic amines is 1. The Bertz CT molecular complexity index is 794. The summed E-state index contributed by atoms with van der Waals surface area (Å²) in [5, 5.41) is 12.9. The van der Waals surface area contributed by atoms with Gasteiger partial charge in [-0.1, -0.05) is 35.1 Å². The quantitative estimate of drug-likeness (QED) is 0.765. The third-order valence-electron chi connectivity index (χ3n) is 3.15. The third-order valence-corrected chi connectivity index (χ3v) is 4.25. The summed E-state index contributed by atoms with van der Waals surface area (Å²) in [5.74, 6) is -0.187. The smallest absolute Gasteiger partial charge is 0.259 e. The van der Waals surface area contributed by atoms with Crippen LogP contribution in [0.25, 0.3) is 0 Å². The summed E-state index contributed by atoms with van der Waals surface area (Å²) in [4.78, 5) is 15.1. The fourth-order valence-electron chi connectivity index (χ4n) is 2.02. The number of nitrogens with zero attached hydrogens (tertiary/aromatic N) is 2. The van der Waals surface area contributed by atoms with Crippen LogP contribution in [-0.2, 0) is 6.42 Å². The standard InChI is InChI=1S/C15H13ClN4OS/c1-9-12(6-7-17-9)14(21)18-15-20-19-13(22-15)8-10-2-4-11(16)5-3-10/h2-7,17H,8H2,1H3,(H,18,20,21). The first-order valence-corrected chi connectivity index (χ1v) is 7.83. The maximum Gasteiger partial charge on any atom is 0.259 e. The fourth-order valence-corrected chi connectivity index (χ4v) is 2.91. The SMILES string of the molecule is Cc1[nH]ccc1C(=O)Nc1nnc(Cc2ccc(Cl)cc2)s1. The Labute approximate surface area is 136 Å². The Kier molecular flexibility index (Phi) is 4.22. The zero-order valence-electron chi connectivity index (χ0n) is 11.8. The van der Waals surface area contributed by atoms with Gasteiger partial charge in [0.1, 0.15) is 5.01 Å². The lowest BCUT2D eigenvalue weighted by Gasteiger charge is -1.99. The van der Waals surface area contributed by atoms with E-state index >= 15 is 0 Å². The van der Waals surface area contributed by atoms with Gasteiger partial charge < -0.3 is 4.98 Å². The van der Waals surface area contributed by atoms with E-state index < -0.39 is 0 Å². The monoisotopic (exact) mass is 332 g/mol. The largest absolute Gasteiger partial charge is 0.365 e. The summed E-state index contributed by atoms with van der Waals surface area (Å²) in [5.41, 5.74) is 2.53. The molecule has 7 heteroatoms. The molecule has 5 nitrogen and oxygen atoms in total. The van der Waals surface area contributed by atoms with Gasteiger partial charge in [0, 0.05) is 23.3 Å². The molecular weight excluding hydrogens is 320 g/mol. The molecule has 0 unspecified atom stereocenters.